The topological polar surface area (TPSA) is 49.3 Å². The van der Waals surface area contributed by atoms with E-state index in [-0.39, 0.29) is 17.2 Å². The number of hydrogen-bond acceptors (Lipinski definition) is 2. The first-order valence-electron chi connectivity index (χ1n) is 5.95. The summed E-state index contributed by atoms with van der Waals surface area (Å²) in [6.07, 6.45) is 0. The summed E-state index contributed by atoms with van der Waals surface area (Å²) in [4.78, 5) is 12.2. The molecule has 2 aromatic carbocycles. The number of aryl methyl sites for hydroxylation is 2. The number of benzene rings is 2. The van der Waals surface area contributed by atoms with Gasteiger partial charge in [-0.15, -0.1) is 0 Å². The molecule has 0 aliphatic heterocycles. The van der Waals surface area contributed by atoms with Crippen molar-refractivity contribution in [1.82, 2.24) is 0 Å². The van der Waals surface area contributed by atoms with Gasteiger partial charge < -0.3 is 10.4 Å². The SMILES string of the molecule is Cc1cc(NC(=O)c2cc(Br)ccc2O)cc(C)c1Br. The number of amides is 1. The van der Waals surface area contributed by atoms with Crippen molar-refractivity contribution in [3.8, 4) is 5.75 Å². The van der Waals surface area contributed by atoms with Crippen LogP contribution in [0.3, 0.4) is 0 Å². The number of hydrogen-bond donors (Lipinski definition) is 2. The molecule has 104 valence electrons. The Bertz CT molecular complexity index is 661. The van der Waals surface area contributed by atoms with Gasteiger partial charge in [0, 0.05) is 14.6 Å². The number of carbonyl (C=O) groups is 1. The lowest BCUT2D eigenvalue weighted by molar-refractivity contribution is 0.102. The first-order valence-corrected chi connectivity index (χ1v) is 7.53. The summed E-state index contributed by atoms with van der Waals surface area (Å²) in [6, 6.07) is 8.51. The highest BCUT2D eigenvalue weighted by Crippen LogP contribution is 2.27. The van der Waals surface area contributed by atoms with Gasteiger partial charge in [0.1, 0.15) is 5.75 Å². The number of halogens is 2. The van der Waals surface area contributed by atoms with Crippen molar-refractivity contribution in [3.63, 3.8) is 0 Å². The van der Waals surface area contributed by atoms with Gasteiger partial charge in [-0.05, 0) is 55.3 Å². The molecule has 0 fully saturated rings. The summed E-state index contributed by atoms with van der Waals surface area (Å²) in [6.45, 7) is 3.92. The van der Waals surface area contributed by atoms with E-state index >= 15 is 0 Å². The third-order valence-corrected chi connectivity index (χ3v) is 4.64. The molecule has 0 saturated heterocycles. The maximum absolute atomic E-state index is 12.2. The van der Waals surface area contributed by atoms with Crippen LogP contribution in [0.2, 0.25) is 0 Å². The highest BCUT2D eigenvalue weighted by molar-refractivity contribution is 9.10. The van der Waals surface area contributed by atoms with Gasteiger partial charge in [-0.1, -0.05) is 31.9 Å². The van der Waals surface area contributed by atoms with Crippen LogP contribution in [-0.2, 0) is 0 Å². The standard InChI is InChI=1S/C15H13Br2NO2/c1-8-5-11(6-9(2)14(8)17)18-15(20)12-7-10(16)3-4-13(12)19/h3-7,19H,1-2H3,(H,18,20). The van der Waals surface area contributed by atoms with Crippen LogP contribution in [0.25, 0.3) is 0 Å². The molecule has 1 amide bonds. The molecule has 0 saturated carbocycles. The maximum Gasteiger partial charge on any atom is 0.259 e. The normalized spacial score (nSPS) is 10.4. The largest absolute Gasteiger partial charge is 0.507 e. The average Bonchev–Trinajstić information content (AvgIpc) is 2.38. The molecule has 0 aromatic heterocycles. The van der Waals surface area contributed by atoms with E-state index in [0.717, 1.165) is 20.1 Å². The molecule has 5 heteroatoms. The first kappa shape index (κ1) is 15.1. The number of rotatable bonds is 2. The molecule has 0 aliphatic carbocycles. The van der Waals surface area contributed by atoms with Gasteiger partial charge in [-0.25, -0.2) is 0 Å². The second-order valence-electron chi connectivity index (χ2n) is 4.54. The Hall–Kier alpha value is -1.33. The summed E-state index contributed by atoms with van der Waals surface area (Å²) in [7, 11) is 0. The van der Waals surface area contributed by atoms with Crippen molar-refractivity contribution in [2.45, 2.75) is 13.8 Å². The fourth-order valence-electron chi connectivity index (χ4n) is 1.91. The van der Waals surface area contributed by atoms with Gasteiger partial charge in [0.05, 0.1) is 5.56 Å². The van der Waals surface area contributed by atoms with E-state index in [1.54, 1.807) is 12.1 Å². The van der Waals surface area contributed by atoms with Crippen LogP contribution in [-0.4, -0.2) is 11.0 Å². The highest BCUT2D eigenvalue weighted by Gasteiger charge is 2.13. The second kappa shape index (κ2) is 5.97. The molecule has 0 radical (unpaired) electrons. The monoisotopic (exact) mass is 397 g/mol. The van der Waals surface area contributed by atoms with Gasteiger partial charge in [0.15, 0.2) is 0 Å². The predicted octanol–water partition coefficient (Wildman–Crippen LogP) is 4.79. The van der Waals surface area contributed by atoms with E-state index < -0.39 is 0 Å². The number of carbonyl (C=O) groups excluding carboxylic acids is 1. The van der Waals surface area contributed by atoms with Crippen molar-refractivity contribution in [1.29, 1.82) is 0 Å². The number of aromatic hydroxyl groups is 1. The average molecular weight is 399 g/mol. The highest BCUT2D eigenvalue weighted by atomic mass is 79.9. The van der Waals surface area contributed by atoms with Crippen LogP contribution in [0.15, 0.2) is 39.3 Å². The number of phenols is 1. The fraction of sp³-hybridized carbons (Fsp3) is 0.133. The van der Waals surface area contributed by atoms with Gasteiger partial charge in [-0.3, -0.25) is 4.79 Å². The Labute approximate surface area is 134 Å². The lowest BCUT2D eigenvalue weighted by Crippen LogP contribution is -2.12. The molecule has 2 N–H and O–H groups in total. The van der Waals surface area contributed by atoms with Crippen LogP contribution in [0.1, 0.15) is 21.5 Å². The molecule has 20 heavy (non-hydrogen) atoms. The van der Waals surface area contributed by atoms with Crippen LogP contribution >= 0.6 is 31.9 Å². The second-order valence-corrected chi connectivity index (χ2v) is 6.25. The van der Waals surface area contributed by atoms with Gasteiger partial charge in [0.25, 0.3) is 5.91 Å². The molecule has 3 nitrogen and oxygen atoms in total. The van der Waals surface area contributed by atoms with E-state index in [4.69, 9.17) is 0 Å². The molecule has 2 rings (SSSR count). The van der Waals surface area contributed by atoms with Crippen molar-refractivity contribution in [2.24, 2.45) is 0 Å². The quantitative estimate of drug-likeness (QED) is 0.764. The minimum Gasteiger partial charge on any atom is -0.507 e. The van der Waals surface area contributed by atoms with E-state index in [1.807, 2.05) is 26.0 Å². The number of anilines is 1. The van der Waals surface area contributed by atoms with Gasteiger partial charge in [-0.2, -0.15) is 0 Å². The minimum atomic E-state index is -0.343. The fourth-order valence-corrected chi connectivity index (χ4v) is 2.50. The molecular weight excluding hydrogens is 386 g/mol. The summed E-state index contributed by atoms with van der Waals surface area (Å²) in [5, 5.41) is 12.5. The van der Waals surface area contributed by atoms with E-state index in [9.17, 15) is 9.90 Å². The van der Waals surface area contributed by atoms with E-state index in [2.05, 4.69) is 37.2 Å². The molecule has 0 spiro atoms. The van der Waals surface area contributed by atoms with Crippen molar-refractivity contribution < 1.29 is 9.90 Å². The molecule has 0 atom stereocenters. The summed E-state index contributed by atoms with van der Waals surface area (Å²) in [5.41, 5.74) is 3.02. The number of nitrogens with one attached hydrogen (secondary N) is 1. The van der Waals surface area contributed by atoms with Crippen molar-refractivity contribution in [3.05, 3.63) is 56.0 Å². The van der Waals surface area contributed by atoms with Gasteiger partial charge >= 0.3 is 0 Å². The zero-order valence-electron chi connectivity index (χ0n) is 11.0. The van der Waals surface area contributed by atoms with E-state index in [0.29, 0.717) is 5.69 Å². The molecule has 0 unspecified atom stereocenters. The summed E-state index contributed by atoms with van der Waals surface area (Å²) >= 11 is 6.77. The smallest absolute Gasteiger partial charge is 0.259 e. The Morgan fingerprint density at radius 2 is 1.70 bits per heavy atom. The molecule has 0 bridgehead atoms. The lowest BCUT2D eigenvalue weighted by Gasteiger charge is -2.10. The summed E-state index contributed by atoms with van der Waals surface area (Å²) < 4.78 is 1.77. The molecular formula is C15H13Br2NO2. The van der Waals surface area contributed by atoms with Crippen LogP contribution in [0, 0.1) is 13.8 Å². The third-order valence-electron chi connectivity index (χ3n) is 2.90. The van der Waals surface area contributed by atoms with Crippen LogP contribution in [0.4, 0.5) is 5.69 Å². The Balaban J connectivity index is 2.30. The Kier molecular flexibility index (Phi) is 4.50. The molecule has 0 heterocycles. The number of phenolic OH excluding ortho intramolecular Hbond substituents is 1. The van der Waals surface area contributed by atoms with Crippen molar-refractivity contribution in [2.75, 3.05) is 5.32 Å². The third kappa shape index (κ3) is 3.22. The first-order chi connectivity index (χ1) is 9.38. The lowest BCUT2D eigenvalue weighted by atomic mass is 10.1. The van der Waals surface area contributed by atoms with E-state index in [1.165, 1.54) is 6.07 Å². The Morgan fingerprint density at radius 3 is 2.30 bits per heavy atom. The summed E-state index contributed by atoms with van der Waals surface area (Å²) in [5.74, 6) is -0.388. The van der Waals surface area contributed by atoms with Crippen LogP contribution < -0.4 is 5.32 Å². The Morgan fingerprint density at radius 1 is 1.10 bits per heavy atom. The minimum absolute atomic E-state index is 0.0451. The van der Waals surface area contributed by atoms with Crippen LogP contribution in [0.5, 0.6) is 5.75 Å². The molecule has 0 aliphatic rings. The van der Waals surface area contributed by atoms with Gasteiger partial charge in [0.2, 0.25) is 0 Å². The van der Waals surface area contributed by atoms with Crippen molar-refractivity contribution >= 4 is 43.5 Å². The zero-order chi connectivity index (χ0) is 14.9. The zero-order valence-corrected chi connectivity index (χ0v) is 14.2. The predicted molar refractivity (Wildman–Crippen MR) is 87.4 cm³/mol. The maximum atomic E-state index is 12.2. The molecule has 2 aromatic rings.